The molecule has 1 aromatic heterocycles. The van der Waals surface area contributed by atoms with Gasteiger partial charge in [-0.05, 0) is 29.3 Å². The summed E-state index contributed by atoms with van der Waals surface area (Å²) in [7, 11) is 1.89. The summed E-state index contributed by atoms with van der Waals surface area (Å²) in [6.45, 7) is 0.0283. The van der Waals surface area contributed by atoms with E-state index in [0.717, 1.165) is 22.0 Å². The maximum absolute atomic E-state index is 13.4. The molecule has 1 atom stereocenters. The first-order valence-electron chi connectivity index (χ1n) is 6.61. The molecule has 0 radical (unpaired) electrons. The molecule has 3 aromatic rings. The molecule has 0 aliphatic rings. The van der Waals surface area contributed by atoms with Crippen molar-refractivity contribution in [3.05, 3.63) is 71.7 Å². The van der Waals surface area contributed by atoms with Gasteiger partial charge in [0, 0.05) is 24.5 Å². The smallest absolute Gasteiger partial charge is 0.125 e. The maximum atomic E-state index is 13.4. The lowest BCUT2D eigenvalue weighted by Gasteiger charge is -2.14. The number of benzene rings is 2. The second-order valence-electron chi connectivity index (χ2n) is 5.00. The standard InChI is InChI=1S/C17H16FNO/c1-19-10-15(14-8-7-13(18)9-17(14)19)16(11-20)12-5-3-2-4-6-12/h2-10,16,20H,11H2,1H3. The molecule has 20 heavy (non-hydrogen) atoms. The summed E-state index contributed by atoms with van der Waals surface area (Å²) in [5, 5.41) is 10.8. The molecule has 0 saturated heterocycles. The van der Waals surface area contributed by atoms with Gasteiger partial charge in [0.1, 0.15) is 5.82 Å². The van der Waals surface area contributed by atoms with Gasteiger partial charge in [-0.2, -0.15) is 0 Å². The summed E-state index contributed by atoms with van der Waals surface area (Å²) in [6.07, 6.45) is 1.97. The maximum Gasteiger partial charge on any atom is 0.125 e. The van der Waals surface area contributed by atoms with Gasteiger partial charge in [-0.3, -0.25) is 0 Å². The van der Waals surface area contributed by atoms with E-state index in [9.17, 15) is 9.50 Å². The molecule has 0 aliphatic carbocycles. The van der Waals surface area contributed by atoms with Crippen LogP contribution in [0.4, 0.5) is 4.39 Å². The van der Waals surface area contributed by atoms with Crippen molar-refractivity contribution in [2.24, 2.45) is 7.05 Å². The highest BCUT2D eigenvalue weighted by molar-refractivity contribution is 5.85. The van der Waals surface area contributed by atoms with Crippen molar-refractivity contribution in [3.63, 3.8) is 0 Å². The summed E-state index contributed by atoms with van der Waals surface area (Å²) in [5.74, 6) is -0.337. The summed E-state index contributed by atoms with van der Waals surface area (Å²) in [6, 6.07) is 14.7. The van der Waals surface area contributed by atoms with Crippen LogP contribution in [0.1, 0.15) is 17.0 Å². The van der Waals surface area contributed by atoms with E-state index in [2.05, 4.69) is 0 Å². The van der Waals surface area contributed by atoms with Crippen molar-refractivity contribution < 1.29 is 9.50 Å². The number of aromatic nitrogens is 1. The SMILES string of the molecule is Cn1cc(C(CO)c2ccccc2)c2ccc(F)cc21. The van der Waals surface area contributed by atoms with E-state index in [0.29, 0.717) is 0 Å². The topological polar surface area (TPSA) is 25.2 Å². The average molecular weight is 269 g/mol. The highest BCUT2D eigenvalue weighted by Crippen LogP contribution is 2.32. The molecule has 0 saturated carbocycles. The molecule has 0 fully saturated rings. The van der Waals surface area contributed by atoms with Crippen molar-refractivity contribution in [2.45, 2.75) is 5.92 Å². The third-order valence-electron chi connectivity index (χ3n) is 3.74. The molecule has 0 bridgehead atoms. The molecule has 3 rings (SSSR count). The second-order valence-corrected chi connectivity index (χ2v) is 5.00. The molecule has 0 aliphatic heterocycles. The van der Waals surface area contributed by atoms with Gasteiger partial charge < -0.3 is 9.67 Å². The van der Waals surface area contributed by atoms with E-state index < -0.39 is 0 Å². The van der Waals surface area contributed by atoms with Crippen LogP contribution in [0.5, 0.6) is 0 Å². The Kier molecular flexibility index (Phi) is 3.28. The van der Waals surface area contributed by atoms with Gasteiger partial charge in [-0.25, -0.2) is 4.39 Å². The van der Waals surface area contributed by atoms with Gasteiger partial charge in [0.05, 0.1) is 12.1 Å². The normalized spacial score (nSPS) is 12.8. The zero-order chi connectivity index (χ0) is 14.1. The van der Waals surface area contributed by atoms with Crippen LogP contribution in [0.25, 0.3) is 10.9 Å². The van der Waals surface area contributed by atoms with E-state index in [1.165, 1.54) is 12.1 Å². The van der Waals surface area contributed by atoms with Crippen LogP contribution in [0.15, 0.2) is 54.7 Å². The van der Waals surface area contributed by atoms with Gasteiger partial charge in [0.15, 0.2) is 0 Å². The molecule has 1 unspecified atom stereocenters. The zero-order valence-corrected chi connectivity index (χ0v) is 11.3. The van der Waals surface area contributed by atoms with Crippen molar-refractivity contribution in [1.29, 1.82) is 0 Å². The van der Waals surface area contributed by atoms with Crippen LogP contribution in [0.3, 0.4) is 0 Å². The van der Waals surface area contributed by atoms with Crippen molar-refractivity contribution in [2.75, 3.05) is 6.61 Å². The monoisotopic (exact) mass is 269 g/mol. The van der Waals surface area contributed by atoms with Gasteiger partial charge in [0.2, 0.25) is 0 Å². The molecule has 3 heteroatoms. The molecule has 2 aromatic carbocycles. The number of halogens is 1. The summed E-state index contributed by atoms with van der Waals surface area (Å²) in [5.41, 5.74) is 2.93. The van der Waals surface area contributed by atoms with Gasteiger partial charge >= 0.3 is 0 Å². The van der Waals surface area contributed by atoms with Crippen LogP contribution in [0.2, 0.25) is 0 Å². The molecule has 2 nitrogen and oxygen atoms in total. The Bertz CT molecular complexity index is 733. The predicted molar refractivity (Wildman–Crippen MR) is 78.2 cm³/mol. The van der Waals surface area contributed by atoms with Crippen LogP contribution in [-0.2, 0) is 7.05 Å². The minimum atomic E-state index is -0.245. The minimum Gasteiger partial charge on any atom is -0.395 e. The number of hydrogen-bond donors (Lipinski definition) is 1. The molecule has 0 amide bonds. The highest BCUT2D eigenvalue weighted by Gasteiger charge is 2.18. The van der Waals surface area contributed by atoms with E-state index in [4.69, 9.17) is 0 Å². The predicted octanol–water partition coefficient (Wildman–Crippen LogP) is 3.44. The van der Waals surface area contributed by atoms with Crippen LogP contribution in [-0.4, -0.2) is 16.3 Å². The third-order valence-corrected chi connectivity index (χ3v) is 3.74. The molecule has 0 spiro atoms. The Hall–Kier alpha value is -2.13. The van der Waals surface area contributed by atoms with Crippen molar-refractivity contribution >= 4 is 10.9 Å². The lowest BCUT2D eigenvalue weighted by Crippen LogP contribution is -2.05. The van der Waals surface area contributed by atoms with Gasteiger partial charge in [-0.15, -0.1) is 0 Å². The number of fused-ring (bicyclic) bond motifs is 1. The molecule has 1 heterocycles. The first kappa shape index (κ1) is 12.9. The summed E-state index contributed by atoms with van der Waals surface area (Å²) >= 11 is 0. The number of aryl methyl sites for hydroxylation is 1. The lowest BCUT2D eigenvalue weighted by atomic mass is 9.92. The second kappa shape index (κ2) is 5.10. The van der Waals surface area contributed by atoms with Gasteiger partial charge in [0.25, 0.3) is 0 Å². The Morgan fingerprint density at radius 3 is 2.60 bits per heavy atom. The number of nitrogens with zero attached hydrogens (tertiary/aromatic N) is 1. The van der Waals surface area contributed by atoms with Crippen LogP contribution < -0.4 is 0 Å². The van der Waals surface area contributed by atoms with Crippen molar-refractivity contribution in [1.82, 2.24) is 4.57 Å². The minimum absolute atomic E-state index is 0.0283. The quantitative estimate of drug-likeness (QED) is 0.774. The van der Waals surface area contributed by atoms with Gasteiger partial charge in [-0.1, -0.05) is 30.3 Å². The van der Waals surface area contributed by atoms with E-state index in [1.807, 2.05) is 48.1 Å². The highest BCUT2D eigenvalue weighted by atomic mass is 19.1. The number of rotatable bonds is 3. The van der Waals surface area contributed by atoms with E-state index >= 15 is 0 Å². The van der Waals surface area contributed by atoms with Crippen LogP contribution >= 0.6 is 0 Å². The fourth-order valence-electron chi connectivity index (χ4n) is 2.73. The van der Waals surface area contributed by atoms with Crippen LogP contribution in [0, 0.1) is 5.82 Å². The number of hydrogen-bond acceptors (Lipinski definition) is 1. The zero-order valence-electron chi connectivity index (χ0n) is 11.3. The Labute approximate surface area is 117 Å². The van der Waals surface area contributed by atoms with E-state index in [1.54, 1.807) is 6.07 Å². The molecular weight excluding hydrogens is 253 g/mol. The summed E-state index contributed by atoms with van der Waals surface area (Å²) < 4.78 is 15.3. The number of aliphatic hydroxyl groups excluding tert-OH is 1. The Morgan fingerprint density at radius 2 is 1.90 bits per heavy atom. The number of aliphatic hydroxyl groups is 1. The first-order chi connectivity index (χ1) is 9.70. The lowest BCUT2D eigenvalue weighted by molar-refractivity contribution is 0.281. The fraction of sp³-hybridized carbons (Fsp3) is 0.176. The largest absolute Gasteiger partial charge is 0.395 e. The Balaban J connectivity index is 2.18. The third kappa shape index (κ3) is 2.10. The molecule has 102 valence electrons. The Morgan fingerprint density at radius 1 is 1.15 bits per heavy atom. The molecule has 1 N–H and O–H groups in total. The van der Waals surface area contributed by atoms with Crippen molar-refractivity contribution in [3.8, 4) is 0 Å². The summed E-state index contributed by atoms with van der Waals surface area (Å²) in [4.78, 5) is 0. The first-order valence-corrected chi connectivity index (χ1v) is 6.61. The average Bonchev–Trinajstić information content (AvgIpc) is 2.78. The fourth-order valence-corrected chi connectivity index (χ4v) is 2.73. The van der Waals surface area contributed by atoms with E-state index in [-0.39, 0.29) is 18.3 Å². The molecular formula is C17H16FNO.